The third-order valence-electron chi connectivity index (χ3n) is 5.10. The van der Waals surface area contributed by atoms with E-state index in [4.69, 9.17) is 21.1 Å². The van der Waals surface area contributed by atoms with Gasteiger partial charge in [-0.05, 0) is 30.7 Å². The summed E-state index contributed by atoms with van der Waals surface area (Å²) in [7, 11) is 3.22. The molecule has 1 N–H and O–H groups in total. The molecule has 0 aliphatic carbocycles. The molecule has 28 heavy (non-hydrogen) atoms. The molecule has 2 aromatic carbocycles. The minimum absolute atomic E-state index is 0.0724. The van der Waals surface area contributed by atoms with Crippen molar-refractivity contribution in [1.29, 1.82) is 0 Å². The quantitative estimate of drug-likeness (QED) is 0.711. The predicted molar refractivity (Wildman–Crippen MR) is 108 cm³/mol. The Balaban J connectivity index is 1.85. The average molecular weight is 398 g/mol. The molecule has 1 aliphatic heterocycles. The van der Waals surface area contributed by atoms with E-state index in [0.29, 0.717) is 28.8 Å². The maximum Gasteiger partial charge on any atom is 0.226 e. The van der Waals surface area contributed by atoms with Crippen LogP contribution in [0, 0.1) is 6.92 Å². The Morgan fingerprint density at radius 2 is 2.00 bits per heavy atom. The zero-order chi connectivity index (χ0) is 19.8. The summed E-state index contributed by atoms with van der Waals surface area (Å²) >= 11 is 6.28. The number of anilines is 1. The molecular weight excluding hydrogens is 378 g/mol. The van der Waals surface area contributed by atoms with Crippen LogP contribution in [0.15, 0.2) is 42.6 Å². The lowest BCUT2D eigenvalue weighted by Crippen LogP contribution is -2.25. The van der Waals surface area contributed by atoms with Crippen molar-refractivity contribution in [3.8, 4) is 17.2 Å². The maximum absolute atomic E-state index is 12.5. The molecule has 0 fully saturated rings. The first-order valence-corrected chi connectivity index (χ1v) is 9.26. The number of aromatic nitrogens is 2. The number of methoxy groups -OCH3 is 2. The highest BCUT2D eigenvalue weighted by atomic mass is 35.5. The van der Waals surface area contributed by atoms with Crippen LogP contribution in [-0.2, 0) is 4.79 Å². The summed E-state index contributed by atoms with van der Waals surface area (Å²) in [6.07, 6.45) is 2.11. The van der Waals surface area contributed by atoms with Gasteiger partial charge in [0, 0.05) is 34.6 Å². The van der Waals surface area contributed by atoms with Crippen molar-refractivity contribution < 1.29 is 14.3 Å². The average Bonchev–Trinajstić information content (AvgIpc) is 3.12. The molecule has 0 saturated carbocycles. The van der Waals surface area contributed by atoms with Crippen molar-refractivity contribution in [2.24, 2.45) is 0 Å². The standard InChI is InChI=1S/C21H20ClN3O3/c1-12-17(22)5-4-6-18(12)25-21-16(11-23-25)15(10-20(26)24-21)14-8-7-13(27-2)9-19(14)28-3/h4-9,11,15H,10H2,1-3H3,(H,24,26)/t15-/m0/s1. The normalized spacial score (nSPS) is 15.7. The second-order valence-corrected chi connectivity index (χ2v) is 7.06. The third-order valence-corrected chi connectivity index (χ3v) is 5.51. The van der Waals surface area contributed by atoms with Gasteiger partial charge in [-0.25, -0.2) is 4.68 Å². The third kappa shape index (κ3) is 2.99. The van der Waals surface area contributed by atoms with E-state index in [1.165, 1.54) is 0 Å². The molecule has 1 aliphatic rings. The van der Waals surface area contributed by atoms with E-state index in [-0.39, 0.29) is 11.8 Å². The summed E-state index contributed by atoms with van der Waals surface area (Å²) in [5.74, 6) is 1.79. The number of hydrogen-bond donors (Lipinski definition) is 1. The number of rotatable bonds is 4. The Labute approximate surface area is 168 Å². The predicted octanol–water partition coefficient (Wildman–Crippen LogP) is 4.33. The van der Waals surface area contributed by atoms with E-state index in [1.54, 1.807) is 25.1 Å². The summed E-state index contributed by atoms with van der Waals surface area (Å²) in [5.41, 5.74) is 3.58. The first-order valence-electron chi connectivity index (χ1n) is 8.88. The van der Waals surface area contributed by atoms with Crippen molar-refractivity contribution >= 4 is 23.3 Å². The molecule has 1 atom stereocenters. The molecule has 6 nitrogen and oxygen atoms in total. The number of nitrogens with zero attached hydrogens (tertiary/aromatic N) is 2. The number of hydrogen-bond acceptors (Lipinski definition) is 4. The van der Waals surface area contributed by atoms with Crippen molar-refractivity contribution in [3.63, 3.8) is 0 Å². The Morgan fingerprint density at radius 1 is 1.18 bits per heavy atom. The highest BCUT2D eigenvalue weighted by Gasteiger charge is 2.32. The van der Waals surface area contributed by atoms with Crippen LogP contribution in [0.25, 0.3) is 5.69 Å². The topological polar surface area (TPSA) is 65.4 Å². The molecule has 1 aromatic heterocycles. The molecule has 0 radical (unpaired) electrons. The second-order valence-electron chi connectivity index (χ2n) is 6.66. The van der Waals surface area contributed by atoms with Crippen LogP contribution in [-0.4, -0.2) is 29.9 Å². The molecule has 1 amide bonds. The van der Waals surface area contributed by atoms with Gasteiger partial charge in [-0.3, -0.25) is 4.79 Å². The minimum atomic E-state index is -0.169. The van der Waals surface area contributed by atoms with E-state index < -0.39 is 0 Å². The van der Waals surface area contributed by atoms with Crippen LogP contribution in [0.1, 0.15) is 29.0 Å². The van der Waals surface area contributed by atoms with E-state index in [2.05, 4.69) is 10.4 Å². The van der Waals surface area contributed by atoms with Crippen LogP contribution >= 0.6 is 11.6 Å². The molecule has 144 valence electrons. The highest BCUT2D eigenvalue weighted by molar-refractivity contribution is 6.31. The number of nitrogens with one attached hydrogen (secondary N) is 1. The van der Waals surface area contributed by atoms with Gasteiger partial charge in [0.05, 0.1) is 26.1 Å². The van der Waals surface area contributed by atoms with Crippen LogP contribution < -0.4 is 14.8 Å². The number of carbonyl (C=O) groups is 1. The van der Waals surface area contributed by atoms with Crippen molar-refractivity contribution in [1.82, 2.24) is 9.78 Å². The number of halogens is 1. The van der Waals surface area contributed by atoms with Gasteiger partial charge < -0.3 is 14.8 Å². The minimum Gasteiger partial charge on any atom is -0.497 e. The Morgan fingerprint density at radius 3 is 2.75 bits per heavy atom. The molecule has 7 heteroatoms. The number of benzene rings is 2. The van der Waals surface area contributed by atoms with Gasteiger partial charge in [0.15, 0.2) is 0 Å². The van der Waals surface area contributed by atoms with E-state index in [9.17, 15) is 4.79 Å². The Kier molecular flexibility index (Phi) is 4.73. The molecule has 0 saturated heterocycles. The lowest BCUT2D eigenvalue weighted by atomic mass is 9.86. The summed E-state index contributed by atoms with van der Waals surface area (Å²) < 4.78 is 12.6. The van der Waals surface area contributed by atoms with Gasteiger partial charge in [0.1, 0.15) is 17.3 Å². The summed E-state index contributed by atoms with van der Waals surface area (Å²) in [4.78, 5) is 12.5. The first kappa shape index (κ1) is 18.4. The van der Waals surface area contributed by atoms with Crippen molar-refractivity contribution in [3.05, 3.63) is 64.3 Å². The second kappa shape index (κ2) is 7.20. The summed E-state index contributed by atoms with van der Waals surface area (Å²) in [5, 5.41) is 8.16. The zero-order valence-corrected chi connectivity index (χ0v) is 16.6. The molecule has 0 spiro atoms. The highest BCUT2D eigenvalue weighted by Crippen LogP contribution is 2.42. The smallest absolute Gasteiger partial charge is 0.226 e. The van der Waals surface area contributed by atoms with E-state index in [0.717, 1.165) is 22.4 Å². The number of fused-ring (bicyclic) bond motifs is 1. The lowest BCUT2D eigenvalue weighted by Gasteiger charge is -2.25. The molecule has 0 bridgehead atoms. The lowest BCUT2D eigenvalue weighted by molar-refractivity contribution is -0.116. The molecule has 4 rings (SSSR count). The SMILES string of the molecule is COc1ccc([C@@H]2CC(=O)Nc3c2cnn3-c2cccc(Cl)c2C)c(OC)c1. The van der Waals surface area contributed by atoms with Crippen LogP contribution in [0.2, 0.25) is 5.02 Å². The molecule has 3 aromatic rings. The van der Waals surface area contributed by atoms with Crippen molar-refractivity contribution in [2.75, 3.05) is 19.5 Å². The van der Waals surface area contributed by atoms with Crippen LogP contribution in [0.4, 0.5) is 5.82 Å². The summed E-state index contributed by atoms with van der Waals surface area (Å²) in [6, 6.07) is 11.3. The van der Waals surface area contributed by atoms with Crippen LogP contribution in [0.5, 0.6) is 11.5 Å². The van der Waals surface area contributed by atoms with E-state index in [1.807, 2.05) is 43.3 Å². The fraction of sp³-hybridized carbons (Fsp3) is 0.238. The largest absolute Gasteiger partial charge is 0.497 e. The summed E-state index contributed by atoms with van der Waals surface area (Å²) in [6.45, 7) is 1.93. The van der Waals surface area contributed by atoms with Gasteiger partial charge in [-0.2, -0.15) is 5.10 Å². The number of ether oxygens (including phenoxy) is 2. The number of carbonyl (C=O) groups excluding carboxylic acids is 1. The molecule has 2 heterocycles. The molecular formula is C21H20ClN3O3. The zero-order valence-electron chi connectivity index (χ0n) is 15.8. The Bertz CT molecular complexity index is 1060. The van der Waals surface area contributed by atoms with E-state index >= 15 is 0 Å². The van der Waals surface area contributed by atoms with Gasteiger partial charge in [0.2, 0.25) is 5.91 Å². The van der Waals surface area contributed by atoms with Crippen LogP contribution in [0.3, 0.4) is 0 Å². The first-order chi connectivity index (χ1) is 13.5. The van der Waals surface area contributed by atoms with Gasteiger partial charge >= 0.3 is 0 Å². The van der Waals surface area contributed by atoms with Gasteiger partial charge in [-0.1, -0.05) is 23.7 Å². The maximum atomic E-state index is 12.5. The monoisotopic (exact) mass is 397 g/mol. The number of amides is 1. The Hall–Kier alpha value is -2.99. The van der Waals surface area contributed by atoms with Gasteiger partial charge in [-0.15, -0.1) is 0 Å². The fourth-order valence-electron chi connectivity index (χ4n) is 3.61. The molecule has 0 unspecified atom stereocenters. The van der Waals surface area contributed by atoms with Gasteiger partial charge in [0.25, 0.3) is 0 Å². The fourth-order valence-corrected chi connectivity index (χ4v) is 3.78. The van der Waals surface area contributed by atoms with Crippen molar-refractivity contribution in [2.45, 2.75) is 19.3 Å².